The van der Waals surface area contributed by atoms with Crippen molar-refractivity contribution in [3.63, 3.8) is 0 Å². The van der Waals surface area contributed by atoms with Crippen molar-refractivity contribution in [2.24, 2.45) is 5.92 Å². The van der Waals surface area contributed by atoms with E-state index in [1.807, 2.05) is 23.1 Å². The number of ether oxygens (including phenoxy) is 2. The van der Waals surface area contributed by atoms with Crippen LogP contribution in [0.3, 0.4) is 0 Å². The molecule has 1 unspecified atom stereocenters. The van der Waals surface area contributed by atoms with Gasteiger partial charge in [-0.2, -0.15) is 0 Å². The molecule has 0 aliphatic carbocycles. The quantitative estimate of drug-likeness (QED) is 0.840. The Morgan fingerprint density at radius 3 is 2.86 bits per heavy atom. The zero-order chi connectivity index (χ0) is 14.7. The number of likely N-dealkylation sites (tertiary alicyclic amines) is 1. The van der Waals surface area contributed by atoms with E-state index in [9.17, 15) is 4.79 Å². The van der Waals surface area contributed by atoms with Gasteiger partial charge in [-0.05, 0) is 36.5 Å². The Balaban J connectivity index is 1.67. The van der Waals surface area contributed by atoms with Crippen LogP contribution in [-0.2, 0) is 11.2 Å². The summed E-state index contributed by atoms with van der Waals surface area (Å²) in [6, 6.07) is 5.84. The Kier molecular flexibility index (Phi) is 4.32. The standard InChI is InChI=1S/C17H23NO3/c1-13-4-2-7-18(12-13)17(19)11-14-5-6-15-16(10-14)21-9-3-8-20-15/h5-6,10,13H,2-4,7-9,11-12H2,1H3. The maximum absolute atomic E-state index is 12.4. The van der Waals surface area contributed by atoms with E-state index in [0.717, 1.165) is 43.0 Å². The molecular weight excluding hydrogens is 266 g/mol. The van der Waals surface area contributed by atoms with Crippen molar-refractivity contribution in [3.05, 3.63) is 23.8 Å². The Bertz CT molecular complexity index is 515. The smallest absolute Gasteiger partial charge is 0.227 e. The van der Waals surface area contributed by atoms with Gasteiger partial charge in [-0.1, -0.05) is 13.0 Å². The highest BCUT2D eigenvalue weighted by molar-refractivity contribution is 5.79. The number of piperidine rings is 1. The number of carbonyl (C=O) groups excluding carboxylic acids is 1. The van der Waals surface area contributed by atoms with Crippen molar-refractivity contribution in [3.8, 4) is 11.5 Å². The molecular formula is C17H23NO3. The largest absolute Gasteiger partial charge is 0.490 e. The van der Waals surface area contributed by atoms with Crippen molar-refractivity contribution in [2.75, 3.05) is 26.3 Å². The van der Waals surface area contributed by atoms with Crippen LogP contribution in [0.15, 0.2) is 18.2 Å². The molecule has 2 heterocycles. The first kappa shape index (κ1) is 14.2. The minimum atomic E-state index is 0.219. The average Bonchev–Trinajstić information content (AvgIpc) is 2.72. The topological polar surface area (TPSA) is 38.8 Å². The average molecular weight is 289 g/mol. The maximum Gasteiger partial charge on any atom is 0.227 e. The van der Waals surface area contributed by atoms with E-state index in [-0.39, 0.29) is 5.91 Å². The Hall–Kier alpha value is -1.71. The first-order valence-corrected chi connectivity index (χ1v) is 7.88. The van der Waals surface area contributed by atoms with Crippen molar-refractivity contribution >= 4 is 5.91 Å². The van der Waals surface area contributed by atoms with Crippen LogP contribution in [0.1, 0.15) is 31.7 Å². The van der Waals surface area contributed by atoms with Crippen LogP contribution in [0.4, 0.5) is 0 Å². The molecule has 0 radical (unpaired) electrons. The van der Waals surface area contributed by atoms with Gasteiger partial charge in [0.1, 0.15) is 0 Å². The van der Waals surface area contributed by atoms with Gasteiger partial charge in [0.15, 0.2) is 11.5 Å². The van der Waals surface area contributed by atoms with Gasteiger partial charge in [-0.25, -0.2) is 0 Å². The van der Waals surface area contributed by atoms with Crippen LogP contribution < -0.4 is 9.47 Å². The number of rotatable bonds is 2. The van der Waals surface area contributed by atoms with Crippen LogP contribution in [0.25, 0.3) is 0 Å². The predicted molar refractivity (Wildman–Crippen MR) is 80.7 cm³/mol. The van der Waals surface area contributed by atoms with E-state index >= 15 is 0 Å². The summed E-state index contributed by atoms with van der Waals surface area (Å²) in [7, 11) is 0. The predicted octanol–water partition coefficient (Wildman–Crippen LogP) is 2.65. The number of fused-ring (bicyclic) bond motifs is 1. The third-order valence-electron chi connectivity index (χ3n) is 4.18. The Morgan fingerprint density at radius 2 is 2.05 bits per heavy atom. The summed E-state index contributed by atoms with van der Waals surface area (Å²) in [5, 5.41) is 0. The summed E-state index contributed by atoms with van der Waals surface area (Å²) in [5.41, 5.74) is 1.00. The van der Waals surface area contributed by atoms with E-state index in [1.54, 1.807) is 0 Å². The molecule has 1 saturated heterocycles. The lowest BCUT2D eigenvalue weighted by molar-refractivity contribution is -0.132. The molecule has 0 saturated carbocycles. The number of carbonyl (C=O) groups is 1. The molecule has 2 aliphatic rings. The van der Waals surface area contributed by atoms with Gasteiger partial charge in [0.25, 0.3) is 0 Å². The van der Waals surface area contributed by atoms with Gasteiger partial charge in [0.05, 0.1) is 19.6 Å². The van der Waals surface area contributed by atoms with Crippen molar-refractivity contribution in [2.45, 2.75) is 32.6 Å². The highest BCUT2D eigenvalue weighted by Crippen LogP contribution is 2.30. The second-order valence-corrected chi connectivity index (χ2v) is 6.10. The molecule has 0 spiro atoms. The van der Waals surface area contributed by atoms with Crippen molar-refractivity contribution < 1.29 is 14.3 Å². The number of benzene rings is 1. The van der Waals surface area contributed by atoms with Crippen molar-refractivity contribution in [1.29, 1.82) is 0 Å². The molecule has 1 aromatic carbocycles. The molecule has 0 N–H and O–H groups in total. The third kappa shape index (κ3) is 3.49. The molecule has 0 bridgehead atoms. The summed E-state index contributed by atoms with van der Waals surface area (Å²) in [6.07, 6.45) is 3.69. The Morgan fingerprint density at radius 1 is 1.24 bits per heavy atom. The van der Waals surface area contributed by atoms with E-state index in [0.29, 0.717) is 25.6 Å². The van der Waals surface area contributed by atoms with E-state index in [1.165, 1.54) is 6.42 Å². The lowest BCUT2D eigenvalue weighted by Crippen LogP contribution is -2.39. The molecule has 1 atom stereocenters. The minimum absolute atomic E-state index is 0.219. The van der Waals surface area contributed by atoms with E-state index in [2.05, 4.69) is 6.92 Å². The minimum Gasteiger partial charge on any atom is -0.490 e. The highest BCUT2D eigenvalue weighted by Gasteiger charge is 2.21. The highest BCUT2D eigenvalue weighted by atomic mass is 16.5. The van der Waals surface area contributed by atoms with Crippen LogP contribution in [-0.4, -0.2) is 37.1 Å². The number of hydrogen-bond acceptors (Lipinski definition) is 3. The molecule has 2 aliphatic heterocycles. The number of amides is 1. The van der Waals surface area contributed by atoms with Gasteiger partial charge in [-0.15, -0.1) is 0 Å². The van der Waals surface area contributed by atoms with Gasteiger partial charge < -0.3 is 14.4 Å². The monoisotopic (exact) mass is 289 g/mol. The molecule has 1 fully saturated rings. The zero-order valence-electron chi connectivity index (χ0n) is 12.6. The SMILES string of the molecule is CC1CCCN(C(=O)Cc2ccc3c(c2)OCCCO3)C1. The van der Waals surface area contributed by atoms with Crippen LogP contribution >= 0.6 is 0 Å². The van der Waals surface area contributed by atoms with Gasteiger partial charge in [-0.3, -0.25) is 4.79 Å². The maximum atomic E-state index is 12.4. The van der Waals surface area contributed by atoms with Gasteiger partial charge in [0, 0.05) is 19.5 Å². The molecule has 1 amide bonds. The molecule has 1 aromatic rings. The fourth-order valence-electron chi connectivity index (χ4n) is 3.02. The van der Waals surface area contributed by atoms with Gasteiger partial charge in [0.2, 0.25) is 5.91 Å². The van der Waals surface area contributed by atoms with E-state index < -0.39 is 0 Å². The number of hydrogen-bond donors (Lipinski definition) is 0. The fourth-order valence-corrected chi connectivity index (χ4v) is 3.02. The fraction of sp³-hybridized carbons (Fsp3) is 0.588. The number of nitrogens with zero attached hydrogens (tertiary/aromatic N) is 1. The molecule has 4 nitrogen and oxygen atoms in total. The second-order valence-electron chi connectivity index (χ2n) is 6.10. The first-order valence-electron chi connectivity index (χ1n) is 7.88. The summed E-state index contributed by atoms with van der Waals surface area (Å²) < 4.78 is 11.3. The first-order chi connectivity index (χ1) is 10.2. The second kappa shape index (κ2) is 6.37. The summed E-state index contributed by atoms with van der Waals surface area (Å²) >= 11 is 0. The summed E-state index contributed by atoms with van der Waals surface area (Å²) in [5.74, 6) is 2.39. The normalized spacial score (nSPS) is 21.8. The molecule has 21 heavy (non-hydrogen) atoms. The summed E-state index contributed by atoms with van der Waals surface area (Å²) in [6.45, 7) is 5.37. The molecule has 114 valence electrons. The molecule has 0 aromatic heterocycles. The lowest BCUT2D eigenvalue weighted by atomic mass is 9.99. The third-order valence-corrected chi connectivity index (χ3v) is 4.18. The Labute approximate surface area is 126 Å². The zero-order valence-corrected chi connectivity index (χ0v) is 12.6. The molecule has 4 heteroatoms. The van der Waals surface area contributed by atoms with Crippen LogP contribution in [0.5, 0.6) is 11.5 Å². The molecule has 3 rings (SSSR count). The van der Waals surface area contributed by atoms with Gasteiger partial charge >= 0.3 is 0 Å². The van der Waals surface area contributed by atoms with Crippen LogP contribution in [0, 0.1) is 5.92 Å². The lowest BCUT2D eigenvalue weighted by Gasteiger charge is -2.31. The van der Waals surface area contributed by atoms with Crippen LogP contribution in [0.2, 0.25) is 0 Å². The van der Waals surface area contributed by atoms with E-state index in [4.69, 9.17) is 9.47 Å². The van der Waals surface area contributed by atoms with Crippen molar-refractivity contribution in [1.82, 2.24) is 4.90 Å². The summed E-state index contributed by atoms with van der Waals surface area (Å²) in [4.78, 5) is 14.4.